The fourth-order valence-electron chi connectivity index (χ4n) is 1.69. The SMILES string of the molecule is COC(=O)c1ccc(Oc2ccc(Cl)c(C)c2)c(N)c1. The molecule has 0 aromatic heterocycles. The summed E-state index contributed by atoms with van der Waals surface area (Å²) >= 11 is 5.95. The fraction of sp³-hybridized carbons (Fsp3) is 0.133. The number of aryl methyl sites for hydroxylation is 1. The molecule has 2 N–H and O–H groups in total. The molecule has 0 spiro atoms. The Bertz CT molecular complexity index is 656. The van der Waals surface area contributed by atoms with Gasteiger partial charge >= 0.3 is 5.97 Å². The first-order valence-corrected chi connectivity index (χ1v) is 6.31. The Balaban J connectivity index is 2.25. The minimum absolute atomic E-state index is 0.362. The molecule has 0 amide bonds. The predicted molar refractivity (Wildman–Crippen MR) is 78.5 cm³/mol. The van der Waals surface area contributed by atoms with Gasteiger partial charge in [-0.2, -0.15) is 0 Å². The number of rotatable bonds is 3. The second-order valence-corrected chi connectivity index (χ2v) is 4.66. The van der Waals surface area contributed by atoms with E-state index in [1.54, 1.807) is 24.3 Å². The van der Waals surface area contributed by atoms with Crippen LogP contribution in [0.1, 0.15) is 15.9 Å². The summed E-state index contributed by atoms with van der Waals surface area (Å²) < 4.78 is 10.3. The number of halogens is 1. The number of benzene rings is 2. The van der Waals surface area contributed by atoms with Crippen molar-refractivity contribution in [1.82, 2.24) is 0 Å². The number of anilines is 1. The van der Waals surface area contributed by atoms with Crippen LogP contribution in [0.15, 0.2) is 36.4 Å². The van der Waals surface area contributed by atoms with Crippen LogP contribution in [0.2, 0.25) is 5.02 Å². The highest BCUT2D eigenvalue weighted by molar-refractivity contribution is 6.31. The van der Waals surface area contributed by atoms with Gasteiger partial charge in [-0.3, -0.25) is 0 Å². The molecule has 0 heterocycles. The minimum Gasteiger partial charge on any atom is -0.465 e. The highest BCUT2D eigenvalue weighted by Gasteiger charge is 2.09. The number of carbonyl (C=O) groups is 1. The van der Waals surface area contributed by atoms with Crippen LogP contribution < -0.4 is 10.5 Å². The molecule has 0 saturated heterocycles. The minimum atomic E-state index is -0.439. The van der Waals surface area contributed by atoms with Crippen molar-refractivity contribution in [2.45, 2.75) is 6.92 Å². The molecule has 0 saturated carbocycles. The highest BCUT2D eigenvalue weighted by atomic mass is 35.5. The van der Waals surface area contributed by atoms with Gasteiger partial charge in [0.15, 0.2) is 0 Å². The molecule has 2 rings (SSSR count). The molecule has 0 aliphatic rings. The van der Waals surface area contributed by atoms with E-state index in [4.69, 9.17) is 22.1 Å². The van der Waals surface area contributed by atoms with Gasteiger partial charge in [0, 0.05) is 5.02 Å². The van der Waals surface area contributed by atoms with Crippen LogP contribution in [0.3, 0.4) is 0 Å². The molecule has 0 aliphatic heterocycles. The molecule has 0 atom stereocenters. The maximum Gasteiger partial charge on any atom is 0.337 e. The zero-order valence-electron chi connectivity index (χ0n) is 11.1. The van der Waals surface area contributed by atoms with Crippen molar-refractivity contribution in [3.8, 4) is 11.5 Å². The van der Waals surface area contributed by atoms with Crippen molar-refractivity contribution in [1.29, 1.82) is 0 Å². The molecule has 0 bridgehead atoms. The number of nitrogens with two attached hydrogens (primary N) is 1. The Morgan fingerprint density at radius 3 is 2.55 bits per heavy atom. The summed E-state index contributed by atoms with van der Waals surface area (Å²) in [6.07, 6.45) is 0. The van der Waals surface area contributed by atoms with E-state index < -0.39 is 5.97 Å². The normalized spacial score (nSPS) is 10.2. The number of hydrogen-bond acceptors (Lipinski definition) is 4. The number of esters is 1. The Morgan fingerprint density at radius 1 is 1.20 bits per heavy atom. The molecule has 0 unspecified atom stereocenters. The summed E-state index contributed by atoms with van der Waals surface area (Å²) in [4.78, 5) is 11.4. The number of nitrogen functional groups attached to an aromatic ring is 1. The molecule has 0 aliphatic carbocycles. The first-order chi connectivity index (χ1) is 9.51. The molecule has 2 aromatic carbocycles. The maximum absolute atomic E-state index is 11.4. The smallest absolute Gasteiger partial charge is 0.337 e. The molecule has 0 fully saturated rings. The van der Waals surface area contributed by atoms with Crippen LogP contribution in [0.25, 0.3) is 0 Å². The van der Waals surface area contributed by atoms with E-state index in [0.29, 0.717) is 27.8 Å². The van der Waals surface area contributed by atoms with E-state index >= 15 is 0 Å². The van der Waals surface area contributed by atoms with Crippen molar-refractivity contribution in [3.05, 3.63) is 52.5 Å². The first kappa shape index (κ1) is 14.2. The molecule has 20 heavy (non-hydrogen) atoms. The van der Waals surface area contributed by atoms with Gasteiger partial charge in [0.05, 0.1) is 18.4 Å². The van der Waals surface area contributed by atoms with Crippen LogP contribution >= 0.6 is 11.6 Å². The fourth-order valence-corrected chi connectivity index (χ4v) is 1.81. The van der Waals surface area contributed by atoms with Gasteiger partial charge in [-0.05, 0) is 48.9 Å². The Labute approximate surface area is 122 Å². The van der Waals surface area contributed by atoms with Crippen LogP contribution in [0.5, 0.6) is 11.5 Å². The average Bonchev–Trinajstić information content (AvgIpc) is 2.44. The van der Waals surface area contributed by atoms with Gasteiger partial charge in [-0.1, -0.05) is 11.6 Å². The zero-order chi connectivity index (χ0) is 14.7. The Morgan fingerprint density at radius 2 is 1.95 bits per heavy atom. The zero-order valence-corrected chi connectivity index (χ0v) is 11.9. The Hall–Kier alpha value is -2.20. The van der Waals surface area contributed by atoms with Crippen molar-refractivity contribution in [3.63, 3.8) is 0 Å². The van der Waals surface area contributed by atoms with Gasteiger partial charge in [0.2, 0.25) is 0 Å². The lowest BCUT2D eigenvalue weighted by Gasteiger charge is -2.10. The van der Waals surface area contributed by atoms with Gasteiger partial charge in [-0.25, -0.2) is 4.79 Å². The summed E-state index contributed by atoms with van der Waals surface area (Å²) in [7, 11) is 1.32. The lowest BCUT2D eigenvalue weighted by atomic mass is 10.2. The number of hydrogen-bond donors (Lipinski definition) is 1. The van der Waals surface area contributed by atoms with Crippen LogP contribution in [-0.2, 0) is 4.74 Å². The monoisotopic (exact) mass is 291 g/mol. The summed E-state index contributed by atoms with van der Waals surface area (Å²) in [5.74, 6) is 0.661. The van der Waals surface area contributed by atoms with E-state index in [1.807, 2.05) is 13.0 Å². The molecule has 2 aromatic rings. The third-order valence-corrected chi connectivity index (χ3v) is 3.21. The van der Waals surface area contributed by atoms with Crippen molar-refractivity contribution in [2.75, 3.05) is 12.8 Å². The highest BCUT2D eigenvalue weighted by Crippen LogP contribution is 2.30. The summed E-state index contributed by atoms with van der Waals surface area (Å²) in [6, 6.07) is 10.1. The van der Waals surface area contributed by atoms with E-state index in [2.05, 4.69) is 4.74 Å². The van der Waals surface area contributed by atoms with E-state index in [-0.39, 0.29) is 0 Å². The topological polar surface area (TPSA) is 61.5 Å². The number of methoxy groups -OCH3 is 1. The van der Waals surface area contributed by atoms with E-state index in [1.165, 1.54) is 13.2 Å². The largest absolute Gasteiger partial charge is 0.465 e. The second-order valence-electron chi connectivity index (χ2n) is 4.26. The second kappa shape index (κ2) is 5.84. The van der Waals surface area contributed by atoms with E-state index in [0.717, 1.165) is 5.56 Å². The van der Waals surface area contributed by atoms with Crippen LogP contribution in [-0.4, -0.2) is 13.1 Å². The Kier molecular flexibility index (Phi) is 4.15. The average molecular weight is 292 g/mol. The van der Waals surface area contributed by atoms with Crippen molar-refractivity contribution in [2.24, 2.45) is 0 Å². The maximum atomic E-state index is 11.4. The molecular formula is C15H14ClNO3. The van der Waals surface area contributed by atoms with Gasteiger partial charge in [0.1, 0.15) is 11.5 Å². The van der Waals surface area contributed by atoms with Crippen LogP contribution in [0, 0.1) is 6.92 Å². The quantitative estimate of drug-likeness (QED) is 0.690. The third-order valence-electron chi connectivity index (χ3n) is 2.79. The molecule has 4 nitrogen and oxygen atoms in total. The van der Waals surface area contributed by atoms with Gasteiger partial charge < -0.3 is 15.2 Å². The summed E-state index contributed by atoms with van der Waals surface area (Å²) in [5.41, 5.74) is 7.52. The standard InChI is InChI=1S/C15H14ClNO3/c1-9-7-11(4-5-12(9)16)20-14-6-3-10(8-13(14)17)15(18)19-2/h3-8H,17H2,1-2H3. The molecule has 0 radical (unpaired) electrons. The predicted octanol–water partition coefficient (Wildman–Crippen LogP) is 3.81. The lowest BCUT2D eigenvalue weighted by Crippen LogP contribution is -2.02. The number of ether oxygens (including phenoxy) is 2. The third kappa shape index (κ3) is 3.03. The van der Waals surface area contributed by atoms with Crippen molar-refractivity contribution >= 4 is 23.3 Å². The number of carbonyl (C=O) groups excluding carboxylic acids is 1. The van der Waals surface area contributed by atoms with Gasteiger partial charge in [0.25, 0.3) is 0 Å². The molecular weight excluding hydrogens is 278 g/mol. The van der Waals surface area contributed by atoms with Gasteiger partial charge in [-0.15, -0.1) is 0 Å². The summed E-state index contributed by atoms with van der Waals surface area (Å²) in [6.45, 7) is 1.89. The molecule has 5 heteroatoms. The lowest BCUT2D eigenvalue weighted by molar-refractivity contribution is 0.0601. The molecule has 104 valence electrons. The van der Waals surface area contributed by atoms with Crippen LogP contribution in [0.4, 0.5) is 5.69 Å². The summed E-state index contributed by atoms with van der Waals surface area (Å²) in [5, 5.41) is 0.673. The van der Waals surface area contributed by atoms with E-state index in [9.17, 15) is 4.79 Å². The van der Waals surface area contributed by atoms with Crippen molar-refractivity contribution < 1.29 is 14.3 Å². The first-order valence-electron chi connectivity index (χ1n) is 5.93.